The van der Waals surface area contributed by atoms with Crippen LogP contribution in [0.1, 0.15) is 51.2 Å². The molecule has 0 saturated heterocycles. The average molecular weight is 587 g/mol. The maximum absolute atomic E-state index is 14.1. The number of likely N-dealkylation sites (N-methyl/N-ethyl adjacent to an activating group) is 2. The number of hydrogen-bond acceptors (Lipinski definition) is 11. The molecule has 13 heteroatoms. The number of aromatic hydroxyl groups is 1. The number of carbonyl (C=O) groups excluding carboxylic acids is 4. The lowest BCUT2D eigenvalue weighted by molar-refractivity contribution is -0.169. The van der Waals surface area contributed by atoms with Gasteiger partial charge in [0.25, 0.3) is 5.91 Å². The van der Waals surface area contributed by atoms with Crippen LogP contribution in [-0.4, -0.2) is 97.7 Å². The van der Waals surface area contributed by atoms with Crippen molar-refractivity contribution in [3.05, 3.63) is 40.2 Å². The maximum atomic E-state index is 14.1. The summed E-state index contributed by atoms with van der Waals surface area (Å²) in [6.45, 7) is 7.50. The molecule has 0 bridgehead atoms. The van der Waals surface area contributed by atoms with Crippen molar-refractivity contribution in [2.75, 3.05) is 26.0 Å². The molecule has 0 radical (unpaired) electrons. The predicted molar refractivity (Wildman–Crippen MR) is 151 cm³/mol. The number of hydrogen-bond donors (Lipinski definition) is 8. The van der Waals surface area contributed by atoms with Crippen molar-refractivity contribution in [2.45, 2.75) is 63.3 Å². The number of Topliss-reactive ketones (excluding diaryl/α,β-unsaturated/α-hetero) is 2. The Hall–Kier alpha value is -3.78. The number of phenols is 1. The van der Waals surface area contributed by atoms with E-state index < -0.39 is 92.8 Å². The summed E-state index contributed by atoms with van der Waals surface area (Å²) < 4.78 is 0. The topological polar surface area (TPSA) is 223 Å². The molecule has 1 aromatic carbocycles. The van der Waals surface area contributed by atoms with E-state index in [1.54, 1.807) is 13.8 Å². The van der Waals surface area contributed by atoms with Crippen molar-refractivity contribution in [3.8, 4) is 5.75 Å². The SMILES string of the molecule is CCNC(C)(CC)C(=O)Nc1ccc2c(c1O)C(O)=C1C(=O)C3(O)C(O)=C(C(N)=O)C(=O)[C@@H](N(C)C)C3C(O)C1C2C. The molecule has 6 unspecified atom stereocenters. The van der Waals surface area contributed by atoms with Gasteiger partial charge in [-0.05, 0) is 51.5 Å². The van der Waals surface area contributed by atoms with Gasteiger partial charge in [0.2, 0.25) is 11.7 Å². The van der Waals surface area contributed by atoms with Gasteiger partial charge in [-0.25, -0.2) is 0 Å². The van der Waals surface area contributed by atoms with Crippen LogP contribution < -0.4 is 16.4 Å². The molecule has 1 saturated carbocycles. The minimum Gasteiger partial charge on any atom is -0.508 e. The summed E-state index contributed by atoms with van der Waals surface area (Å²) in [6.07, 6.45) is -1.26. The van der Waals surface area contributed by atoms with Gasteiger partial charge in [-0.2, -0.15) is 0 Å². The van der Waals surface area contributed by atoms with Gasteiger partial charge in [-0.3, -0.25) is 24.1 Å². The van der Waals surface area contributed by atoms with Gasteiger partial charge in [0.05, 0.1) is 34.9 Å². The van der Waals surface area contributed by atoms with E-state index in [2.05, 4.69) is 10.6 Å². The van der Waals surface area contributed by atoms with E-state index in [9.17, 15) is 44.7 Å². The molecule has 13 nitrogen and oxygen atoms in total. The lowest BCUT2D eigenvalue weighted by atomic mass is 9.54. The van der Waals surface area contributed by atoms with Crippen LogP contribution >= 0.6 is 0 Å². The van der Waals surface area contributed by atoms with Crippen LogP contribution in [0.2, 0.25) is 0 Å². The number of primary amides is 1. The second-order valence-corrected chi connectivity index (χ2v) is 11.6. The molecule has 228 valence electrons. The summed E-state index contributed by atoms with van der Waals surface area (Å²) in [5.41, 5.74) is -0.0452. The molecule has 9 N–H and O–H groups in total. The monoisotopic (exact) mass is 586 g/mol. The number of anilines is 1. The van der Waals surface area contributed by atoms with Crippen LogP contribution in [0.15, 0.2) is 29.0 Å². The summed E-state index contributed by atoms with van der Waals surface area (Å²) in [4.78, 5) is 53.9. The number of nitrogens with one attached hydrogen (secondary N) is 2. The first-order valence-corrected chi connectivity index (χ1v) is 13.8. The molecule has 1 aromatic rings. The van der Waals surface area contributed by atoms with E-state index >= 15 is 0 Å². The zero-order chi connectivity index (χ0) is 31.6. The Bertz CT molecular complexity index is 1450. The van der Waals surface area contributed by atoms with Crippen LogP contribution in [0, 0.1) is 11.8 Å². The maximum Gasteiger partial charge on any atom is 0.255 e. The molecule has 1 fully saturated rings. The van der Waals surface area contributed by atoms with Crippen molar-refractivity contribution in [3.63, 3.8) is 0 Å². The molecule has 4 rings (SSSR count). The van der Waals surface area contributed by atoms with E-state index in [1.807, 2.05) is 13.8 Å². The number of ketones is 2. The average Bonchev–Trinajstić information content (AvgIpc) is 2.91. The van der Waals surface area contributed by atoms with E-state index in [0.29, 0.717) is 18.5 Å². The molecular formula is C29H38N4O9. The number of amides is 2. The summed E-state index contributed by atoms with van der Waals surface area (Å²) in [6, 6.07) is 1.55. The minimum absolute atomic E-state index is 0.0517. The van der Waals surface area contributed by atoms with Crippen molar-refractivity contribution in [2.24, 2.45) is 17.6 Å². The van der Waals surface area contributed by atoms with Crippen molar-refractivity contribution < 1.29 is 44.7 Å². The number of benzene rings is 1. The number of aliphatic hydroxyl groups is 4. The smallest absolute Gasteiger partial charge is 0.255 e. The van der Waals surface area contributed by atoms with Crippen molar-refractivity contribution in [1.29, 1.82) is 0 Å². The first kappa shape index (κ1) is 31.2. The second kappa shape index (κ2) is 10.5. The Kier molecular flexibility index (Phi) is 7.78. The molecule has 3 aliphatic rings. The van der Waals surface area contributed by atoms with Crippen LogP contribution in [0.5, 0.6) is 5.75 Å². The van der Waals surface area contributed by atoms with Gasteiger partial charge in [0.1, 0.15) is 22.8 Å². The Morgan fingerprint density at radius 3 is 2.29 bits per heavy atom. The van der Waals surface area contributed by atoms with Crippen LogP contribution in [0.25, 0.3) is 5.76 Å². The Balaban J connectivity index is 1.93. The summed E-state index contributed by atoms with van der Waals surface area (Å²) in [5, 5.41) is 62.9. The summed E-state index contributed by atoms with van der Waals surface area (Å²) >= 11 is 0. The van der Waals surface area contributed by atoms with Gasteiger partial charge >= 0.3 is 0 Å². The zero-order valence-electron chi connectivity index (χ0n) is 24.3. The van der Waals surface area contributed by atoms with Gasteiger partial charge in [0.15, 0.2) is 11.4 Å². The van der Waals surface area contributed by atoms with E-state index in [-0.39, 0.29) is 11.3 Å². The third-order valence-electron chi connectivity index (χ3n) is 9.15. The zero-order valence-corrected chi connectivity index (χ0v) is 24.3. The van der Waals surface area contributed by atoms with Crippen LogP contribution in [0.4, 0.5) is 5.69 Å². The van der Waals surface area contributed by atoms with E-state index in [4.69, 9.17) is 5.73 Å². The fourth-order valence-electron chi connectivity index (χ4n) is 6.73. The predicted octanol–water partition coefficient (Wildman–Crippen LogP) is 0.213. The number of rotatable bonds is 7. The van der Waals surface area contributed by atoms with Gasteiger partial charge in [0, 0.05) is 11.5 Å². The van der Waals surface area contributed by atoms with E-state index in [0.717, 1.165) is 0 Å². The molecule has 0 aliphatic heterocycles. The third-order valence-corrected chi connectivity index (χ3v) is 9.15. The van der Waals surface area contributed by atoms with Gasteiger partial charge < -0.3 is 41.9 Å². The largest absolute Gasteiger partial charge is 0.508 e. The lowest BCUT2D eigenvalue weighted by Crippen LogP contribution is -2.70. The van der Waals surface area contributed by atoms with Crippen molar-refractivity contribution >= 4 is 34.8 Å². The normalized spacial score (nSPS) is 30.5. The standard InChI is InChI=1S/C29H38N4O9/c1-7-28(4,31-8-2)27(41)32-13-10-9-12-11(3)14-16(21(35)15(12)20(13)34)24(38)29(42)18(22(14)36)19(33(5)6)23(37)17(25(29)39)26(30)40/h9-11,14,18-19,22,31,34-36,39,42H,7-8H2,1-6H3,(H2,30,40)(H,32,41)/t11?,14?,18?,19-,22?,28?,29?/m0/s1. The molecule has 2 amide bonds. The first-order valence-electron chi connectivity index (χ1n) is 13.8. The highest BCUT2D eigenvalue weighted by Gasteiger charge is 2.68. The molecule has 0 heterocycles. The number of phenolic OH excluding ortho intramolecular Hbond substituents is 1. The van der Waals surface area contributed by atoms with Gasteiger partial charge in [-0.1, -0.05) is 26.8 Å². The first-order chi connectivity index (χ1) is 19.5. The minimum atomic E-state index is -3.00. The number of carbonyl (C=O) groups is 4. The summed E-state index contributed by atoms with van der Waals surface area (Å²) in [7, 11) is 2.88. The van der Waals surface area contributed by atoms with Crippen LogP contribution in [0.3, 0.4) is 0 Å². The number of nitrogens with zero attached hydrogens (tertiary/aromatic N) is 1. The summed E-state index contributed by atoms with van der Waals surface area (Å²) in [5.74, 6) is -10.3. The molecule has 0 spiro atoms. The fourth-order valence-corrected chi connectivity index (χ4v) is 6.73. The number of fused-ring (bicyclic) bond motifs is 3. The molecule has 3 aliphatic carbocycles. The molecule has 7 atom stereocenters. The Morgan fingerprint density at radius 1 is 1.14 bits per heavy atom. The molecule has 0 aromatic heterocycles. The molecular weight excluding hydrogens is 548 g/mol. The second-order valence-electron chi connectivity index (χ2n) is 11.6. The highest BCUT2D eigenvalue weighted by molar-refractivity contribution is 6.24. The van der Waals surface area contributed by atoms with Gasteiger partial charge in [-0.15, -0.1) is 0 Å². The van der Waals surface area contributed by atoms with Crippen LogP contribution in [-0.2, 0) is 19.2 Å². The highest BCUT2D eigenvalue weighted by Crippen LogP contribution is 2.56. The highest BCUT2D eigenvalue weighted by atomic mass is 16.4. The lowest BCUT2D eigenvalue weighted by Gasteiger charge is -2.53. The molecule has 42 heavy (non-hydrogen) atoms. The number of nitrogens with two attached hydrogens (primary N) is 1. The van der Waals surface area contributed by atoms with E-state index in [1.165, 1.54) is 31.1 Å². The van der Waals surface area contributed by atoms with Crippen molar-refractivity contribution in [1.82, 2.24) is 10.2 Å². The fraction of sp³-hybridized carbons (Fsp3) is 0.517. The number of aliphatic hydroxyl groups excluding tert-OH is 3. The Morgan fingerprint density at radius 2 is 1.76 bits per heavy atom. The quantitative estimate of drug-likeness (QED) is 0.159. The Labute approximate surface area is 242 Å². The third kappa shape index (κ3) is 4.14.